The average Bonchev–Trinajstić information content (AvgIpc) is 2.58. The summed E-state index contributed by atoms with van der Waals surface area (Å²) in [6, 6.07) is 6.48. The monoisotopic (exact) mass is 364 g/mol. The van der Waals surface area contributed by atoms with Crippen LogP contribution in [0.25, 0.3) is 11.6 Å². The minimum atomic E-state index is -0.331. The van der Waals surface area contributed by atoms with E-state index in [9.17, 15) is 0 Å². The van der Waals surface area contributed by atoms with Gasteiger partial charge in [-0.3, -0.25) is 0 Å². The lowest BCUT2D eigenvalue weighted by Gasteiger charge is -2.41. The summed E-state index contributed by atoms with van der Waals surface area (Å²) in [5.74, 6) is 0.474. The fourth-order valence-electron chi connectivity index (χ4n) is 4.35. The molecule has 0 aromatic heterocycles. The van der Waals surface area contributed by atoms with Gasteiger partial charge in [-0.2, -0.15) is 0 Å². The van der Waals surface area contributed by atoms with Crippen LogP contribution < -0.4 is 0 Å². The number of rotatable bonds is 3. The smallest absolute Gasteiger partial charge is 0.123 e. The first-order valence-electron chi connectivity index (χ1n) is 10.2. The Labute approximate surface area is 164 Å². The second-order valence-electron chi connectivity index (χ2n) is 9.37. The normalized spacial score (nSPS) is 20.9. The molecule has 2 aliphatic carbocycles. The standard InChI is InChI=1S/C26H33F/c1-8-11-18-12-9-14-21-23(18)20(16-25(4,5)17(2)3)19-13-10-15-22(27)24(19)26(21,6)7/h8-9,11-12,14-17H,10,13H2,1-7H3/b11-8-,20-16+. The van der Waals surface area contributed by atoms with Crippen molar-refractivity contribution in [3.63, 3.8) is 0 Å². The van der Waals surface area contributed by atoms with E-state index in [0.29, 0.717) is 5.92 Å². The SMILES string of the molecule is C/C=C\c1cccc2c1/C(=C/C(C)(C)C(C)C)C1=C(C(F)=CCC1)C2(C)C. The first-order chi connectivity index (χ1) is 12.6. The van der Waals surface area contributed by atoms with E-state index >= 15 is 4.39 Å². The highest BCUT2D eigenvalue weighted by atomic mass is 19.1. The Kier molecular flexibility index (Phi) is 5.10. The van der Waals surface area contributed by atoms with Gasteiger partial charge in [0, 0.05) is 11.0 Å². The first-order valence-corrected chi connectivity index (χ1v) is 10.2. The molecule has 0 unspecified atom stereocenters. The van der Waals surface area contributed by atoms with E-state index in [2.05, 4.69) is 84.9 Å². The summed E-state index contributed by atoms with van der Waals surface area (Å²) in [5.41, 5.74) is 6.80. The fourth-order valence-corrected chi connectivity index (χ4v) is 4.35. The molecule has 1 heteroatoms. The quantitative estimate of drug-likeness (QED) is 0.509. The van der Waals surface area contributed by atoms with Crippen molar-refractivity contribution in [3.05, 3.63) is 70.1 Å². The largest absolute Gasteiger partial charge is 0.207 e. The van der Waals surface area contributed by atoms with Crippen molar-refractivity contribution in [2.75, 3.05) is 0 Å². The Morgan fingerprint density at radius 1 is 1.19 bits per heavy atom. The van der Waals surface area contributed by atoms with E-state index in [1.807, 2.05) is 0 Å². The number of benzene rings is 1. The molecule has 27 heavy (non-hydrogen) atoms. The minimum Gasteiger partial charge on any atom is -0.207 e. The molecule has 0 spiro atoms. The zero-order valence-electron chi connectivity index (χ0n) is 17.9. The van der Waals surface area contributed by atoms with Crippen LogP contribution in [0.15, 0.2) is 53.4 Å². The number of hydrogen-bond donors (Lipinski definition) is 0. The van der Waals surface area contributed by atoms with Crippen LogP contribution in [0.3, 0.4) is 0 Å². The van der Waals surface area contributed by atoms with Gasteiger partial charge >= 0.3 is 0 Å². The van der Waals surface area contributed by atoms with Crippen molar-refractivity contribution in [2.24, 2.45) is 11.3 Å². The molecule has 0 saturated carbocycles. The Hall–Kier alpha value is -1.89. The van der Waals surface area contributed by atoms with Crippen LogP contribution in [0, 0.1) is 11.3 Å². The zero-order chi connectivity index (χ0) is 20.0. The molecule has 0 atom stereocenters. The van der Waals surface area contributed by atoms with E-state index in [1.165, 1.54) is 27.8 Å². The molecule has 144 valence electrons. The maximum atomic E-state index is 15.1. The molecule has 0 amide bonds. The van der Waals surface area contributed by atoms with Crippen LogP contribution in [0.1, 0.15) is 78.0 Å². The molecule has 0 fully saturated rings. The third-order valence-electron chi connectivity index (χ3n) is 6.60. The van der Waals surface area contributed by atoms with Gasteiger partial charge in [0.1, 0.15) is 5.83 Å². The number of allylic oxidation sites excluding steroid dienone is 7. The maximum absolute atomic E-state index is 15.1. The predicted octanol–water partition coefficient (Wildman–Crippen LogP) is 8.02. The highest BCUT2D eigenvalue weighted by molar-refractivity contribution is 5.91. The third kappa shape index (κ3) is 3.26. The van der Waals surface area contributed by atoms with Crippen LogP contribution >= 0.6 is 0 Å². The topological polar surface area (TPSA) is 0 Å². The Balaban J connectivity index is 2.42. The summed E-state index contributed by atoms with van der Waals surface area (Å²) in [7, 11) is 0. The minimum absolute atomic E-state index is 0.0309. The molecule has 1 aromatic rings. The van der Waals surface area contributed by atoms with E-state index < -0.39 is 0 Å². The molecule has 2 aliphatic rings. The van der Waals surface area contributed by atoms with Crippen molar-refractivity contribution >= 4 is 11.6 Å². The molecular formula is C26H33F. The second kappa shape index (κ2) is 6.93. The van der Waals surface area contributed by atoms with Crippen LogP contribution in [0.4, 0.5) is 4.39 Å². The lowest BCUT2D eigenvalue weighted by molar-refractivity contribution is 0.334. The molecule has 1 aromatic carbocycles. The Morgan fingerprint density at radius 2 is 1.89 bits per heavy atom. The fraction of sp³-hybridized carbons (Fsp3) is 0.462. The molecule has 0 saturated heterocycles. The summed E-state index contributed by atoms with van der Waals surface area (Å²) in [6.45, 7) is 15.5. The molecule has 0 nitrogen and oxygen atoms in total. The van der Waals surface area contributed by atoms with Crippen molar-refractivity contribution in [3.8, 4) is 0 Å². The lowest BCUT2D eigenvalue weighted by Crippen LogP contribution is -2.30. The van der Waals surface area contributed by atoms with Crippen molar-refractivity contribution in [1.29, 1.82) is 0 Å². The summed E-state index contributed by atoms with van der Waals surface area (Å²) in [4.78, 5) is 0. The van der Waals surface area contributed by atoms with Crippen molar-refractivity contribution in [2.45, 2.75) is 66.7 Å². The van der Waals surface area contributed by atoms with Crippen molar-refractivity contribution < 1.29 is 4.39 Å². The van der Waals surface area contributed by atoms with E-state index in [1.54, 1.807) is 6.08 Å². The van der Waals surface area contributed by atoms with Crippen molar-refractivity contribution in [1.82, 2.24) is 0 Å². The number of fused-ring (bicyclic) bond motifs is 1. The Bertz CT molecular complexity index is 869. The summed E-state index contributed by atoms with van der Waals surface area (Å²) in [6.07, 6.45) is 10.2. The maximum Gasteiger partial charge on any atom is 0.123 e. The zero-order valence-corrected chi connectivity index (χ0v) is 17.9. The first kappa shape index (κ1) is 19.9. The van der Waals surface area contributed by atoms with Gasteiger partial charge in [-0.05, 0) is 65.0 Å². The summed E-state index contributed by atoms with van der Waals surface area (Å²) < 4.78 is 15.1. The van der Waals surface area contributed by atoms with Gasteiger partial charge in [0.2, 0.25) is 0 Å². The van der Waals surface area contributed by atoms with Gasteiger partial charge in [0.15, 0.2) is 0 Å². The highest BCUT2D eigenvalue weighted by Gasteiger charge is 2.41. The molecule has 0 aliphatic heterocycles. The van der Waals surface area contributed by atoms with E-state index in [0.717, 1.165) is 18.4 Å². The lowest BCUT2D eigenvalue weighted by atomic mass is 9.62. The van der Waals surface area contributed by atoms with Gasteiger partial charge in [0.25, 0.3) is 0 Å². The molecule has 0 bridgehead atoms. The Morgan fingerprint density at radius 3 is 2.52 bits per heavy atom. The molecular weight excluding hydrogens is 331 g/mol. The predicted molar refractivity (Wildman–Crippen MR) is 116 cm³/mol. The van der Waals surface area contributed by atoms with E-state index in [-0.39, 0.29) is 16.7 Å². The number of hydrogen-bond acceptors (Lipinski definition) is 0. The summed E-state index contributed by atoms with van der Waals surface area (Å²) in [5, 5.41) is 0. The van der Waals surface area contributed by atoms with Crippen LogP contribution in [-0.2, 0) is 5.41 Å². The molecule has 0 N–H and O–H groups in total. The van der Waals surface area contributed by atoms with Gasteiger partial charge < -0.3 is 0 Å². The number of halogens is 1. The highest BCUT2D eigenvalue weighted by Crippen LogP contribution is 2.53. The summed E-state index contributed by atoms with van der Waals surface area (Å²) >= 11 is 0. The van der Waals surface area contributed by atoms with Crippen LogP contribution in [0.5, 0.6) is 0 Å². The van der Waals surface area contributed by atoms with Gasteiger partial charge in [-0.1, -0.05) is 78.0 Å². The van der Waals surface area contributed by atoms with Gasteiger partial charge in [-0.15, -0.1) is 0 Å². The third-order valence-corrected chi connectivity index (χ3v) is 6.60. The average molecular weight is 365 g/mol. The molecule has 3 rings (SSSR count). The van der Waals surface area contributed by atoms with Gasteiger partial charge in [0.05, 0.1) is 0 Å². The second-order valence-corrected chi connectivity index (χ2v) is 9.37. The van der Waals surface area contributed by atoms with Crippen LogP contribution in [-0.4, -0.2) is 0 Å². The van der Waals surface area contributed by atoms with Crippen LogP contribution in [0.2, 0.25) is 0 Å². The molecule has 0 radical (unpaired) electrons. The molecule has 0 heterocycles. The van der Waals surface area contributed by atoms with Gasteiger partial charge in [-0.25, -0.2) is 4.39 Å². The van der Waals surface area contributed by atoms with E-state index in [4.69, 9.17) is 0 Å².